The van der Waals surface area contributed by atoms with Crippen LogP contribution in [0.25, 0.3) is 0 Å². The summed E-state index contributed by atoms with van der Waals surface area (Å²) in [6.45, 7) is 2.76. The van der Waals surface area contributed by atoms with Crippen molar-refractivity contribution < 1.29 is 4.79 Å². The van der Waals surface area contributed by atoms with Crippen molar-refractivity contribution in [1.29, 1.82) is 0 Å². The third-order valence-electron chi connectivity index (χ3n) is 3.46. The number of nitrogens with two attached hydrogens (primary N) is 1. The Bertz CT molecular complexity index is 405. The van der Waals surface area contributed by atoms with Gasteiger partial charge in [0, 0.05) is 17.1 Å². The fourth-order valence-electron chi connectivity index (χ4n) is 2.60. The molecule has 5 heteroatoms. The summed E-state index contributed by atoms with van der Waals surface area (Å²) in [6, 6.07) is 0.343. The molecule has 2 unspecified atom stereocenters. The minimum Gasteiger partial charge on any atom is -0.353 e. The van der Waals surface area contributed by atoms with Crippen LogP contribution >= 0.6 is 11.3 Å². The normalized spacial score (nSPS) is 23.2. The Balaban J connectivity index is 1.75. The largest absolute Gasteiger partial charge is 0.353 e. The summed E-state index contributed by atoms with van der Waals surface area (Å²) < 4.78 is 0. The first kappa shape index (κ1) is 13.5. The van der Waals surface area contributed by atoms with Crippen LogP contribution in [0.2, 0.25) is 0 Å². The number of carbonyl (C=O) groups excluding carboxylic acids is 1. The van der Waals surface area contributed by atoms with Crippen LogP contribution in [-0.2, 0) is 11.2 Å². The molecule has 1 aliphatic rings. The van der Waals surface area contributed by atoms with Crippen molar-refractivity contribution in [1.82, 2.24) is 10.3 Å². The highest BCUT2D eigenvalue weighted by molar-refractivity contribution is 7.11. The summed E-state index contributed by atoms with van der Waals surface area (Å²) >= 11 is 1.59. The van der Waals surface area contributed by atoms with E-state index < -0.39 is 0 Å². The molecule has 0 radical (unpaired) electrons. The lowest BCUT2D eigenvalue weighted by Gasteiger charge is -2.12. The zero-order chi connectivity index (χ0) is 13.0. The number of hydrogen-bond donors (Lipinski definition) is 2. The van der Waals surface area contributed by atoms with Crippen molar-refractivity contribution in [2.24, 2.45) is 11.7 Å². The lowest BCUT2D eigenvalue weighted by molar-refractivity contribution is -0.121. The van der Waals surface area contributed by atoms with E-state index in [9.17, 15) is 4.79 Å². The Morgan fingerprint density at radius 3 is 3.11 bits per heavy atom. The highest BCUT2D eigenvalue weighted by atomic mass is 32.1. The molecule has 0 saturated heterocycles. The topological polar surface area (TPSA) is 68.0 Å². The molecule has 1 aromatic rings. The number of hydrogen-bond acceptors (Lipinski definition) is 4. The molecule has 4 nitrogen and oxygen atoms in total. The molecule has 1 saturated carbocycles. The van der Waals surface area contributed by atoms with E-state index in [0.717, 1.165) is 35.7 Å². The molecule has 100 valence electrons. The Hall–Kier alpha value is -0.940. The van der Waals surface area contributed by atoms with Gasteiger partial charge in [0.05, 0.1) is 6.42 Å². The van der Waals surface area contributed by atoms with Crippen molar-refractivity contribution in [2.45, 2.75) is 45.1 Å². The summed E-state index contributed by atoms with van der Waals surface area (Å²) in [7, 11) is 0. The average molecular weight is 267 g/mol. The first-order chi connectivity index (χ1) is 8.67. The second kappa shape index (κ2) is 6.29. The number of aryl methyl sites for hydroxylation is 1. The van der Waals surface area contributed by atoms with Crippen LogP contribution in [0.1, 0.15) is 35.6 Å². The third-order valence-corrected chi connectivity index (χ3v) is 4.37. The maximum absolute atomic E-state index is 11.9. The van der Waals surface area contributed by atoms with Crippen molar-refractivity contribution >= 4 is 17.2 Å². The van der Waals surface area contributed by atoms with E-state index in [0.29, 0.717) is 18.4 Å². The van der Waals surface area contributed by atoms with E-state index in [-0.39, 0.29) is 5.91 Å². The van der Waals surface area contributed by atoms with Gasteiger partial charge in [-0.3, -0.25) is 4.79 Å². The standard InChI is InChI=1S/C13H21N3OS/c1-9-8-15-13(18-9)7-12(17)16-11-3-2-10(6-11)4-5-14/h8,10-11H,2-7,14H2,1H3,(H,16,17). The Kier molecular flexibility index (Phi) is 4.72. The smallest absolute Gasteiger partial charge is 0.227 e. The van der Waals surface area contributed by atoms with Crippen molar-refractivity contribution in [2.75, 3.05) is 6.54 Å². The number of rotatable bonds is 5. The Morgan fingerprint density at radius 1 is 1.61 bits per heavy atom. The summed E-state index contributed by atoms with van der Waals surface area (Å²) in [5, 5.41) is 4.02. The molecular formula is C13H21N3OS. The fraction of sp³-hybridized carbons (Fsp3) is 0.692. The summed E-state index contributed by atoms with van der Waals surface area (Å²) in [4.78, 5) is 17.2. The van der Waals surface area contributed by atoms with Crippen molar-refractivity contribution in [3.05, 3.63) is 16.1 Å². The van der Waals surface area contributed by atoms with Crippen LogP contribution in [0, 0.1) is 12.8 Å². The zero-order valence-corrected chi connectivity index (χ0v) is 11.6. The minimum atomic E-state index is 0.0998. The van der Waals surface area contributed by atoms with Gasteiger partial charge in [0.25, 0.3) is 0 Å². The van der Waals surface area contributed by atoms with Gasteiger partial charge >= 0.3 is 0 Å². The van der Waals surface area contributed by atoms with Gasteiger partial charge < -0.3 is 11.1 Å². The molecule has 0 spiro atoms. The summed E-state index contributed by atoms with van der Waals surface area (Å²) in [5.74, 6) is 0.796. The molecule has 1 amide bonds. The quantitative estimate of drug-likeness (QED) is 0.852. The van der Waals surface area contributed by atoms with Crippen LogP contribution in [0.4, 0.5) is 0 Å². The lowest BCUT2D eigenvalue weighted by atomic mass is 10.0. The zero-order valence-electron chi connectivity index (χ0n) is 10.8. The van der Waals surface area contributed by atoms with Crippen LogP contribution in [0.5, 0.6) is 0 Å². The number of carbonyl (C=O) groups is 1. The van der Waals surface area contributed by atoms with Gasteiger partial charge in [-0.15, -0.1) is 11.3 Å². The maximum Gasteiger partial charge on any atom is 0.227 e. The average Bonchev–Trinajstić information content (AvgIpc) is 2.89. The van der Waals surface area contributed by atoms with Crippen LogP contribution in [-0.4, -0.2) is 23.5 Å². The van der Waals surface area contributed by atoms with Gasteiger partial charge in [0.15, 0.2) is 0 Å². The second-order valence-electron chi connectivity index (χ2n) is 5.06. The van der Waals surface area contributed by atoms with E-state index in [2.05, 4.69) is 10.3 Å². The molecule has 1 heterocycles. The predicted molar refractivity (Wildman–Crippen MR) is 73.5 cm³/mol. The molecule has 1 fully saturated rings. The molecular weight excluding hydrogens is 246 g/mol. The van der Waals surface area contributed by atoms with Crippen molar-refractivity contribution in [3.63, 3.8) is 0 Å². The molecule has 2 atom stereocenters. The van der Waals surface area contributed by atoms with Gasteiger partial charge in [-0.1, -0.05) is 0 Å². The minimum absolute atomic E-state index is 0.0998. The summed E-state index contributed by atoms with van der Waals surface area (Å²) in [6.07, 6.45) is 6.68. The van der Waals surface area contributed by atoms with Gasteiger partial charge in [-0.05, 0) is 45.1 Å². The number of nitrogens with one attached hydrogen (secondary N) is 1. The highest BCUT2D eigenvalue weighted by Crippen LogP contribution is 2.27. The number of aromatic nitrogens is 1. The highest BCUT2D eigenvalue weighted by Gasteiger charge is 2.25. The number of nitrogens with zero attached hydrogens (tertiary/aromatic N) is 1. The first-order valence-electron chi connectivity index (χ1n) is 6.58. The Labute approximate surface area is 112 Å². The monoisotopic (exact) mass is 267 g/mol. The van der Waals surface area contributed by atoms with Crippen molar-refractivity contribution in [3.8, 4) is 0 Å². The van der Waals surface area contributed by atoms with E-state index in [1.165, 1.54) is 6.42 Å². The van der Waals surface area contributed by atoms with Gasteiger partial charge in [-0.2, -0.15) is 0 Å². The fourth-order valence-corrected chi connectivity index (χ4v) is 3.39. The lowest BCUT2D eigenvalue weighted by Crippen LogP contribution is -2.34. The van der Waals surface area contributed by atoms with E-state index in [1.807, 2.05) is 13.1 Å². The number of thiazole rings is 1. The first-order valence-corrected chi connectivity index (χ1v) is 7.39. The maximum atomic E-state index is 11.9. The van der Waals surface area contributed by atoms with Gasteiger partial charge in [0.2, 0.25) is 5.91 Å². The van der Waals surface area contributed by atoms with Crippen LogP contribution < -0.4 is 11.1 Å². The second-order valence-corrected chi connectivity index (χ2v) is 6.38. The number of amides is 1. The summed E-state index contributed by atoms with van der Waals surface area (Å²) in [5.41, 5.74) is 5.57. The third kappa shape index (κ3) is 3.78. The molecule has 3 N–H and O–H groups in total. The molecule has 1 aromatic heterocycles. The van der Waals surface area contributed by atoms with Crippen LogP contribution in [0.3, 0.4) is 0 Å². The molecule has 2 rings (SSSR count). The molecule has 0 aromatic carbocycles. The van der Waals surface area contributed by atoms with Gasteiger partial charge in [0.1, 0.15) is 5.01 Å². The molecule has 18 heavy (non-hydrogen) atoms. The van der Waals surface area contributed by atoms with E-state index in [4.69, 9.17) is 5.73 Å². The van der Waals surface area contributed by atoms with Gasteiger partial charge in [-0.25, -0.2) is 4.98 Å². The molecule has 0 bridgehead atoms. The SMILES string of the molecule is Cc1cnc(CC(=O)NC2CCC(CCN)C2)s1. The van der Waals surface area contributed by atoms with E-state index in [1.54, 1.807) is 11.3 Å². The van der Waals surface area contributed by atoms with E-state index >= 15 is 0 Å². The van der Waals surface area contributed by atoms with Crippen LogP contribution in [0.15, 0.2) is 6.20 Å². The predicted octanol–water partition coefficient (Wildman–Crippen LogP) is 1.63. The Morgan fingerprint density at radius 2 is 2.44 bits per heavy atom. The molecule has 0 aliphatic heterocycles. The molecule has 1 aliphatic carbocycles.